The van der Waals surface area contributed by atoms with Crippen LogP contribution in [0.2, 0.25) is 0 Å². The van der Waals surface area contributed by atoms with Gasteiger partial charge in [-0.15, -0.1) is 16.9 Å². The molecule has 1 saturated heterocycles. The molecule has 0 bridgehead atoms. The molecule has 1 unspecified atom stereocenters. The van der Waals surface area contributed by atoms with Crippen LogP contribution >= 0.6 is 23.3 Å². The van der Waals surface area contributed by atoms with Crippen LogP contribution < -0.4 is 0 Å². The van der Waals surface area contributed by atoms with Crippen LogP contribution in [0.5, 0.6) is 0 Å². The Bertz CT molecular complexity index is 360. The monoisotopic (exact) mass is 225 g/mol. The summed E-state index contributed by atoms with van der Waals surface area (Å²) in [6.45, 7) is 1.96. The first-order valence-electron chi connectivity index (χ1n) is 4.59. The van der Waals surface area contributed by atoms with Crippen LogP contribution in [0.1, 0.15) is 23.4 Å². The first-order chi connectivity index (χ1) is 6.76. The quantitative estimate of drug-likeness (QED) is 0.774. The van der Waals surface area contributed by atoms with Gasteiger partial charge in [0.1, 0.15) is 4.75 Å². The van der Waals surface area contributed by atoms with Gasteiger partial charge in [-0.1, -0.05) is 4.49 Å². The molecule has 5 heteroatoms. The molecule has 0 saturated carbocycles. The fourth-order valence-electron chi connectivity index (χ4n) is 1.64. The predicted octanol–water partition coefficient (Wildman–Crippen LogP) is 2.18. The molecule has 0 spiro atoms. The predicted molar refractivity (Wildman–Crippen MR) is 58.4 cm³/mol. The Morgan fingerprint density at radius 2 is 2.50 bits per heavy atom. The number of thioether (sulfide) groups is 1. The molecule has 0 aromatic carbocycles. The van der Waals surface area contributed by atoms with E-state index >= 15 is 0 Å². The third-order valence-electron chi connectivity index (χ3n) is 2.50. The minimum absolute atomic E-state index is 0.195. The highest BCUT2D eigenvalue weighted by Gasteiger charge is 2.36. The maximum atomic E-state index is 9.20. The van der Waals surface area contributed by atoms with E-state index in [9.17, 15) is 5.26 Å². The largest absolute Gasteiger partial charge is 0.197 e. The first kappa shape index (κ1) is 9.94. The van der Waals surface area contributed by atoms with Crippen molar-refractivity contribution >= 4 is 23.3 Å². The second kappa shape index (κ2) is 3.87. The lowest BCUT2D eigenvalue weighted by Gasteiger charge is -2.17. The van der Waals surface area contributed by atoms with Crippen molar-refractivity contribution in [2.75, 3.05) is 5.75 Å². The van der Waals surface area contributed by atoms with E-state index in [4.69, 9.17) is 0 Å². The summed E-state index contributed by atoms with van der Waals surface area (Å²) in [6.07, 6.45) is 2.98. The number of nitriles is 1. The molecule has 0 radical (unpaired) electrons. The van der Waals surface area contributed by atoms with E-state index in [1.54, 1.807) is 11.8 Å². The average Bonchev–Trinajstić information content (AvgIpc) is 2.79. The smallest absolute Gasteiger partial charge is 0.107 e. The Morgan fingerprint density at radius 1 is 1.64 bits per heavy atom. The molecule has 1 aromatic rings. The van der Waals surface area contributed by atoms with Crippen molar-refractivity contribution in [1.82, 2.24) is 9.59 Å². The zero-order chi connectivity index (χ0) is 10.0. The molecule has 1 aromatic heterocycles. The summed E-state index contributed by atoms with van der Waals surface area (Å²) in [4.78, 5) is 1.17. The molecule has 1 aliphatic rings. The zero-order valence-corrected chi connectivity index (χ0v) is 9.62. The van der Waals surface area contributed by atoms with Crippen molar-refractivity contribution in [3.05, 3.63) is 10.6 Å². The van der Waals surface area contributed by atoms with Crippen LogP contribution in [0.3, 0.4) is 0 Å². The minimum atomic E-state index is -0.195. The normalized spacial score (nSPS) is 26.3. The molecule has 0 N–H and O–H groups in total. The molecule has 14 heavy (non-hydrogen) atoms. The summed E-state index contributed by atoms with van der Waals surface area (Å²) >= 11 is 3.21. The van der Waals surface area contributed by atoms with E-state index in [0.717, 1.165) is 30.7 Å². The van der Waals surface area contributed by atoms with Crippen molar-refractivity contribution < 1.29 is 0 Å². The maximum Gasteiger partial charge on any atom is 0.107 e. The van der Waals surface area contributed by atoms with Crippen LogP contribution in [0.25, 0.3) is 0 Å². The summed E-state index contributed by atoms with van der Waals surface area (Å²) in [5, 5.41) is 13.2. The fraction of sp³-hybridized carbons (Fsp3) is 0.667. The van der Waals surface area contributed by atoms with Crippen LogP contribution in [0, 0.1) is 18.3 Å². The maximum absolute atomic E-state index is 9.20. The Hall–Kier alpha value is -0.600. The first-order valence-corrected chi connectivity index (χ1v) is 6.35. The van der Waals surface area contributed by atoms with Gasteiger partial charge in [-0.05, 0) is 37.1 Å². The molecule has 2 heterocycles. The van der Waals surface area contributed by atoms with Crippen molar-refractivity contribution in [1.29, 1.82) is 5.26 Å². The van der Waals surface area contributed by atoms with Crippen molar-refractivity contribution in [2.45, 2.75) is 30.9 Å². The molecular weight excluding hydrogens is 214 g/mol. The van der Waals surface area contributed by atoms with E-state index in [0.29, 0.717) is 0 Å². The fourth-order valence-corrected chi connectivity index (χ4v) is 3.75. The molecule has 1 atom stereocenters. The van der Waals surface area contributed by atoms with Gasteiger partial charge in [-0.3, -0.25) is 0 Å². The summed E-state index contributed by atoms with van der Waals surface area (Å²) in [7, 11) is 0. The lowest BCUT2D eigenvalue weighted by atomic mass is 9.99. The number of rotatable bonds is 2. The van der Waals surface area contributed by atoms with Gasteiger partial charge in [0.05, 0.1) is 16.6 Å². The standard InChI is InChI=1S/C9H11N3S2/c1-7-8(14-12-11-7)5-9(6-10)3-2-4-13-9/h2-5H2,1H3. The van der Waals surface area contributed by atoms with Gasteiger partial charge in [0.25, 0.3) is 0 Å². The van der Waals surface area contributed by atoms with Gasteiger partial charge in [-0.25, -0.2) is 0 Å². The molecule has 3 nitrogen and oxygen atoms in total. The van der Waals surface area contributed by atoms with Crippen molar-refractivity contribution in [3.63, 3.8) is 0 Å². The molecule has 0 aliphatic carbocycles. The number of hydrogen-bond acceptors (Lipinski definition) is 5. The molecule has 1 aliphatic heterocycles. The number of aryl methyl sites for hydroxylation is 1. The third kappa shape index (κ3) is 1.77. The van der Waals surface area contributed by atoms with E-state index in [2.05, 4.69) is 15.7 Å². The van der Waals surface area contributed by atoms with Crippen LogP contribution in [0.15, 0.2) is 0 Å². The Balaban J connectivity index is 2.17. The molecular formula is C9H11N3S2. The minimum Gasteiger partial charge on any atom is -0.197 e. The molecule has 74 valence electrons. The summed E-state index contributed by atoms with van der Waals surface area (Å²) in [5.74, 6) is 1.11. The van der Waals surface area contributed by atoms with Crippen LogP contribution in [0.4, 0.5) is 0 Å². The van der Waals surface area contributed by atoms with Crippen LogP contribution in [-0.4, -0.2) is 20.1 Å². The molecule has 2 rings (SSSR count). The van der Waals surface area contributed by atoms with Gasteiger partial charge in [-0.2, -0.15) is 5.26 Å². The van der Waals surface area contributed by atoms with Gasteiger partial charge in [0.2, 0.25) is 0 Å². The van der Waals surface area contributed by atoms with Crippen LogP contribution in [-0.2, 0) is 6.42 Å². The Kier molecular flexibility index (Phi) is 2.75. The van der Waals surface area contributed by atoms with Gasteiger partial charge < -0.3 is 0 Å². The van der Waals surface area contributed by atoms with Gasteiger partial charge in [0.15, 0.2) is 0 Å². The number of nitrogens with zero attached hydrogens (tertiary/aromatic N) is 3. The second-order valence-corrected chi connectivity index (χ2v) is 5.83. The molecule has 1 fully saturated rings. The van der Waals surface area contributed by atoms with Crippen molar-refractivity contribution in [2.24, 2.45) is 0 Å². The summed E-state index contributed by atoms with van der Waals surface area (Å²) in [5.41, 5.74) is 0.983. The topological polar surface area (TPSA) is 49.6 Å². The highest BCUT2D eigenvalue weighted by molar-refractivity contribution is 8.01. The summed E-state index contributed by atoms with van der Waals surface area (Å²) in [6, 6.07) is 2.46. The second-order valence-electron chi connectivity index (χ2n) is 3.52. The summed E-state index contributed by atoms with van der Waals surface area (Å²) < 4.78 is 3.71. The molecule has 0 amide bonds. The lowest BCUT2D eigenvalue weighted by molar-refractivity contribution is 0.675. The van der Waals surface area contributed by atoms with Gasteiger partial charge >= 0.3 is 0 Å². The Morgan fingerprint density at radius 3 is 3.00 bits per heavy atom. The highest BCUT2D eigenvalue weighted by Crippen LogP contribution is 2.40. The van der Waals surface area contributed by atoms with E-state index in [1.165, 1.54) is 16.4 Å². The average molecular weight is 225 g/mol. The van der Waals surface area contributed by atoms with Crippen molar-refractivity contribution in [3.8, 4) is 6.07 Å². The van der Waals surface area contributed by atoms with E-state index in [1.807, 2.05) is 6.92 Å². The highest BCUT2D eigenvalue weighted by atomic mass is 32.2. The lowest BCUT2D eigenvalue weighted by Crippen LogP contribution is -2.21. The van der Waals surface area contributed by atoms with Gasteiger partial charge in [0, 0.05) is 6.42 Å². The SMILES string of the molecule is Cc1nnsc1CC1(C#N)CCCS1. The van der Waals surface area contributed by atoms with E-state index in [-0.39, 0.29) is 4.75 Å². The Labute approximate surface area is 91.7 Å². The number of aromatic nitrogens is 2. The third-order valence-corrected chi connectivity index (χ3v) is 4.81. The zero-order valence-electron chi connectivity index (χ0n) is 7.99. The number of hydrogen-bond donors (Lipinski definition) is 0. The van der Waals surface area contributed by atoms with E-state index < -0.39 is 0 Å².